The molecule has 1 aromatic rings. The summed E-state index contributed by atoms with van der Waals surface area (Å²) in [5.41, 5.74) is 7.88. The van der Waals surface area contributed by atoms with Gasteiger partial charge in [0.2, 0.25) is 0 Å². The van der Waals surface area contributed by atoms with Gasteiger partial charge < -0.3 is 10.6 Å². The van der Waals surface area contributed by atoms with Crippen molar-refractivity contribution in [3.8, 4) is 0 Å². The molecule has 0 bridgehead atoms. The van der Waals surface area contributed by atoms with Crippen LogP contribution in [-0.4, -0.2) is 40.8 Å². The first-order valence-electron chi connectivity index (χ1n) is 6.42. The molecule has 0 fully saturated rings. The maximum atomic E-state index is 7.71. The summed E-state index contributed by atoms with van der Waals surface area (Å²) in [6.07, 6.45) is 1.91. The summed E-state index contributed by atoms with van der Waals surface area (Å²) in [4.78, 5) is 1.82. The molecule has 1 rings (SSSR count). The zero-order chi connectivity index (χ0) is 15.0. The first-order valence-corrected chi connectivity index (χ1v) is 8.39. The molecule has 1 aromatic carbocycles. The van der Waals surface area contributed by atoms with Crippen molar-refractivity contribution in [1.29, 1.82) is 10.8 Å². The quantitative estimate of drug-likeness (QED) is 0.557. The van der Waals surface area contributed by atoms with Gasteiger partial charge in [-0.2, -0.15) is 0 Å². The predicted octanol–water partition coefficient (Wildman–Crippen LogP) is 2.63. The Hall–Kier alpha value is -1.14. The Balaban J connectivity index is 2.31. The largest absolute Gasteiger partial charge is 0.379 e. The van der Waals surface area contributed by atoms with E-state index in [-0.39, 0.29) is 5.17 Å². The Morgan fingerprint density at radius 3 is 1.85 bits per heavy atom. The second-order valence-corrected chi connectivity index (χ2v) is 6.80. The molecule has 0 amide bonds. The van der Waals surface area contributed by atoms with Gasteiger partial charge in [0.1, 0.15) is 0 Å². The number of amidine groups is 2. The van der Waals surface area contributed by atoms with E-state index < -0.39 is 0 Å². The summed E-state index contributed by atoms with van der Waals surface area (Å²) in [6, 6.07) is 8.57. The van der Waals surface area contributed by atoms with E-state index in [4.69, 9.17) is 16.6 Å². The predicted molar refractivity (Wildman–Crippen MR) is 92.1 cm³/mol. The molecular formula is C14H22N4S2. The molecule has 20 heavy (non-hydrogen) atoms. The Kier molecular flexibility index (Phi) is 7.54. The number of benzene rings is 1. The van der Waals surface area contributed by atoms with Crippen LogP contribution >= 0.6 is 23.5 Å². The van der Waals surface area contributed by atoms with Crippen molar-refractivity contribution in [3.63, 3.8) is 0 Å². The van der Waals surface area contributed by atoms with Gasteiger partial charge in [-0.25, -0.2) is 0 Å². The number of nitrogens with two attached hydrogens (primary N) is 1. The highest BCUT2D eigenvalue weighted by Gasteiger charge is 2.01. The summed E-state index contributed by atoms with van der Waals surface area (Å²) in [5.74, 6) is 1.78. The van der Waals surface area contributed by atoms with Gasteiger partial charge in [-0.3, -0.25) is 10.8 Å². The van der Waals surface area contributed by atoms with Crippen LogP contribution < -0.4 is 5.73 Å². The van der Waals surface area contributed by atoms with Gasteiger partial charge in [-0.05, 0) is 24.0 Å². The normalized spacial score (nSPS) is 10.3. The van der Waals surface area contributed by atoms with E-state index in [1.165, 1.54) is 22.9 Å². The van der Waals surface area contributed by atoms with Crippen LogP contribution in [0, 0.1) is 10.8 Å². The van der Waals surface area contributed by atoms with Crippen molar-refractivity contribution in [2.75, 3.05) is 25.6 Å². The fourth-order valence-corrected chi connectivity index (χ4v) is 2.89. The maximum Gasteiger partial charge on any atom is 0.155 e. The third kappa shape index (κ3) is 6.86. The van der Waals surface area contributed by atoms with E-state index in [0.717, 1.165) is 24.3 Å². The fourth-order valence-electron chi connectivity index (χ4n) is 1.55. The Bertz CT molecular complexity index is 443. The molecule has 0 aliphatic heterocycles. The molecule has 6 heteroatoms. The van der Waals surface area contributed by atoms with Crippen LogP contribution in [0.2, 0.25) is 0 Å². The van der Waals surface area contributed by atoms with Crippen molar-refractivity contribution in [1.82, 2.24) is 4.90 Å². The van der Waals surface area contributed by atoms with Crippen LogP contribution in [0.4, 0.5) is 0 Å². The number of nitrogens with zero attached hydrogens (tertiary/aromatic N) is 1. The fraction of sp³-hybridized carbons (Fsp3) is 0.429. The molecule has 0 unspecified atom stereocenters. The smallest absolute Gasteiger partial charge is 0.155 e. The minimum Gasteiger partial charge on any atom is -0.379 e. The molecule has 0 saturated carbocycles. The summed E-state index contributed by atoms with van der Waals surface area (Å²) >= 11 is 2.95. The number of thioether (sulfide) groups is 2. The SMILES string of the molecule is CN(C)C(=N)SCCc1ccc(CCSC(=N)N)cc1. The van der Waals surface area contributed by atoms with Crippen LogP contribution in [0.1, 0.15) is 11.1 Å². The third-order valence-corrected chi connectivity index (χ3v) is 4.47. The first-order chi connectivity index (χ1) is 9.49. The van der Waals surface area contributed by atoms with Crippen LogP contribution in [0.3, 0.4) is 0 Å². The van der Waals surface area contributed by atoms with Crippen molar-refractivity contribution in [3.05, 3.63) is 35.4 Å². The molecule has 0 radical (unpaired) electrons. The van der Waals surface area contributed by atoms with Crippen molar-refractivity contribution < 1.29 is 0 Å². The van der Waals surface area contributed by atoms with Gasteiger partial charge in [0.05, 0.1) is 0 Å². The Morgan fingerprint density at radius 2 is 1.45 bits per heavy atom. The number of aryl methyl sites for hydroxylation is 2. The van der Waals surface area contributed by atoms with E-state index in [2.05, 4.69) is 24.3 Å². The molecule has 0 spiro atoms. The summed E-state index contributed by atoms with van der Waals surface area (Å²) in [5, 5.41) is 15.6. The zero-order valence-electron chi connectivity index (χ0n) is 12.0. The van der Waals surface area contributed by atoms with E-state index in [0.29, 0.717) is 5.17 Å². The molecule has 0 heterocycles. The Labute approximate surface area is 129 Å². The van der Waals surface area contributed by atoms with Crippen molar-refractivity contribution in [2.24, 2.45) is 5.73 Å². The van der Waals surface area contributed by atoms with E-state index in [1.807, 2.05) is 19.0 Å². The molecule has 0 saturated heterocycles. The standard InChI is InChI=1S/C14H22N4S2/c1-18(2)14(17)20-10-8-12-5-3-11(4-6-12)7-9-19-13(15)16/h3-6,17H,7-10H2,1-2H3,(H3,15,16). The van der Waals surface area contributed by atoms with E-state index in [1.54, 1.807) is 11.8 Å². The van der Waals surface area contributed by atoms with Crippen LogP contribution in [-0.2, 0) is 12.8 Å². The minimum absolute atomic E-state index is 0.182. The molecule has 110 valence electrons. The highest BCUT2D eigenvalue weighted by atomic mass is 32.2. The first kappa shape index (κ1) is 16.9. The van der Waals surface area contributed by atoms with Crippen molar-refractivity contribution >= 4 is 33.9 Å². The summed E-state index contributed by atoms with van der Waals surface area (Å²) in [7, 11) is 3.78. The van der Waals surface area contributed by atoms with Crippen molar-refractivity contribution in [2.45, 2.75) is 12.8 Å². The van der Waals surface area contributed by atoms with Crippen LogP contribution in [0.25, 0.3) is 0 Å². The molecule has 0 atom stereocenters. The molecule has 4 N–H and O–H groups in total. The average molecular weight is 310 g/mol. The highest BCUT2D eigenvalue weighted by molar-refractivity contribution is 8.13. The van der Waals surface area contributed by atoms with Gasteiger partial charge >= 0.3 is 0 Å². The average Bonchev–Trinajstić information content (AvgIpc) is 2.40. The second kappa shape index (κ2) is 8.92. The number of nitrogens with one attached hydrogen (secondary N) is 2. The second-order valence-electron chi connectivity index (χ2n) is 4.58. The lowest BCUT2D eigenvalue weighted by Gasteiger charge is -2.12. The van der Waals surface area contributed by atoms with Gasteiger partial charge in [0, 0.05) is 25.6 Å². The maximum absolute atomic E-state index is 7.71. The van der Waals surface area contributed by atoms with Crippen LogP contribution in [0.15, 0.2) is 24.3 Å². The van der Waals surface area contributed by atoms with Crippen LogP contribution in [0.5, 0.6) is 0 Å². The molecular weight excluding hydrogens is 288 g/mol. The lowest BCUT2D eigenvalue weighted by Crippen LogP contribution is -2.17. The van der Waals surface area contributed by atoms with Gasteiger partial charge in [0.25, 0.3) is 0 Å². The Morgan fingerprint density at radius 1 is 1.00 bits per heavy atom. The van der Waals surface area contributed by atoms with Gasteiger partial charge in [-0.15, -0.1) is 0 Å². The highest BCUT2D eigenvalue weighted by Crippen LogP contribution is 2.12. The molecule has 0 aliphatic rings. The van der Waals surface area contributed by atoms with Gasteiger partial charge in [-0.1, -0.05) is 47.8 Å². The molecule has 4 nitrogen and oxygen atoms in total. The van der Waals surface area contributed by atoms with Gasteiger partial charge in [0.15, 0.2) is 10.3 Å². The number of rotatable bonds is 6. The monoisotopic (exact) mass is 310 g/mol. The lowest BCUT2D eigenvalue weighted by atomic mass is 10.1. The summed E-state index contributed by atoms with van der Waals surface area (Å²) in [6.45, 7) is 0. The lowest BCUT2D eigenvalue weighted by molar-refractivity contribution is 0.632. The minimum atomic E-state index is 0.182. The number of hydrogen-bond donors (Lipinski definition) is 3. The van der Waals surface area contributed by atoms with E-state index in [9.17, 15) is 0 Å². The number of hydrogen-bond acceptors (Lipinski definition) is 4. The zero-order valence-corrected chi connectivity index (χ0v) is 13.6. The molecule has 0 aliphatic carbocycles. The van der Waals surface area contributed by atoms with E-state index >= 15 is 0 Å². The summed E-state index contributed by atoms with van der Waals surface area (Å²) < 4.78 is 0. The third-order valence-electron chi connectivity index (χ3n) is 2.71. The topological polar surface area (TPSA) is 77.0 Å². The molecule has 0 aromatic heterocycles.